The molecule has 3 heteroatoms. The van der Waals surface area contributed by atoms with E-state index < -0.39 is 0 Å². The Morgan fingerprint density at radius 2 is 2.29 bits per heavy atom. The van der Waals surface area contributed by atoms with Crippen LogP contribution in [0.25, 0.3) is 0 Å². The molecule has 0 amide bonds. The lowest BCUT2D eigenvalue weighted by atomic mass is 9.95. The van der Waals surface area contributed by atoms with E-state index in [0.717, 1.165) is 24.4 Å². The van der Waals surface area contributed by atoms with Crippen LogP contribution in [-0.2, 0) is 4.74 Å². The summed E-state index contributed by atoms with van der Waals surface area (Å²) in [4.78, 5) is 0. The van der Waals surface area contributed by atoms with Crippen molar-refractivity contribution in [1.29, 1.82) is 0 Å². The fourth-order valence-electron chi connectivity index (χ4n) is 1.45. The maximum absolute atomic E-state index is 6.08. The highest BCUT2D eigenvalue weighted by Crippen LogP contribution is 2.23. The van der Waals surface area contributed by atoms with Gasteiger partial charge in [0.05, 0.1) is 6.26 Å². The lowest BCUT2D eigenvalue weighted by Gasteiger charge is -2.17. The summed E-state index contributed by atoms with van der Waals surface area (Å²) in [6, 6.07) is 2.04. The Kier molecular flexibility index (Phi) is 4.17. The van der Waals surface area contributed by atoms with Crippen LogP contribution in [0.2, 0.25) is 0 Å². The molecule has 0 bridgehead atoms. The summed E-state index contributed by atoms with van der Waals surface area (Å²) >= 11 is 0. The molecule has 0 fully saturated rings. The minimum Gasteiger partial charge on any atom is -0.469 e. The van der Waals surface area contributed by atoms with Gasteiger partial charge in [0, 0.05) is 25.3 Å². The molecular formula is C11H19NO2. The maximum Gasteiger partial charge on any atom is 0.101 e. The number of furan rings is 1. The molecule has 0 saturated carbocycles. The normalized spacial score (nSPS) is 15.4. The summed E-state index contributed by atoms with van der Waals surface area (Å²) in [6.45, 7) is 4.81. The van der Waals surface area contributed by atoms with Crippen molar-refractivity contribution in [3.8, 4) is 0 Å². The second-order valence-electron chi connectivity index (χ2n) is 3.78. The first-order chi connectivity index (χ1) is 6.65. The van der Waals surface area contributed by atoms with E-state index in [1.54, 1.807) is 13.4 Å². The van der Waals surface area contributed by atoms with Gasteiger partial charge in [0.1, 0.15) is 5.76 Å². The van der Waals surface area contributed by atoms with E-state index in [1.807, 2.05) is 13.0 Å². The summed E-state index contributed by atoms with van der Waals surface area (Å²) in [6.07, 6.45) is 2.71. The van der Waals surface area contributed by atoms with Crippen LogP contribution in [0.3, 0.4) is 0 Å². The van der Waals surface area contributed by atoms with E-state index in [2.05, 4.69) is 6.92 Å². The zero-order chi connectivity index (χ0) is 10.6. The largest absolute Gasteiger partial charge is 0.469 e. The van der Waals surface area contributed by atoms with Gasteiger partial charge in [0.15, 0.2) is 0 Å². The Hall–Kier alpha value is -0.800. The topological polar surface area (TPSA) is 48.4 Å². The SMILES string of the molecule is COCCC(C)C(N)c1coc(C)c1. The number of hydrogen-bond acceptors (Lipinski definition) is 3. The van der Waals surface area contributed by atoms with E-state index in [1.165, 1.54) is 0 Å². The minimum absolute atomic E-state index is 0.0441. The summed E-state index contributed by atoms with van der Waals surface area (Å²) < 4.78 is 10.3. The standard InChI is InChI=1S/C11H19NO2/c1-8(4-5-13-3)11(12)10-6-9(2)14-7-10/h6-8,11H,4-5,12H2,1-3H3. The van der Waals surface area contributed by atoms with Crippen molar-refractivity contribution in [2.75, 3.05) is 13.7 Å². The number of hydrogen-bond donors (Lipinski definition) is 1. The van der Waals surface area contributed by atoms with Crippen molar-refractivity contribution in [3.63, 3.8) is 0 Å². The molecule has 0 spiro atoms. The molecule has 3 nitrogen and oxygen atoms in total. The second kappa shape index (κ2) is 5.17. The molecule has 0 radical (unpaired) electrons. The predicted octanol–water partition coefficient (Wildman–Crippen LogP) is 2.26. The lowest BCUT2D eigenvalue weighted by molar-refractivity contribution is 0.174. The van der Waals surface area contributed by atoms with Gasteiger partial charge in [-0.3, -0.25) is 0 Å². The minimum atomic E-state index is 0.0441. The number of aryl methyl sites for hydroxylation is 1. The molecule has 2 N–H and O–H groups in total. The average Bonchev–Trinajstić information content (AvgIpc) is 2.60. The monoisotopic (exact) mass is 197 g/mol. The van der Waals surface area contributed by atoms with Crippen LogP contribution in [0, 0.1) is 12.8 Å². The molecule has 2 unspecified atom stereocenters. The third-order valence-electron chi connectivity index (χ3n) is 2.53. The van der Waals surface area contributed by atoms with Gasteiger partial charge in [-0.05, 0) is 25.3 Å². The van der Waals surface area contributed by atoms with Crippen molar-refractivity contribution in [1.82, 2.24) is 0 Å². The fourth-order valence-corrected chi connectivity index (χ4v) is 1.45. The van der Waals surface area contributed by atoms with Gasteiger partial charge in [-0.2, -0.15) is 0 Å². The highest BCUT2D eigenvalue weighted by molar-refractivity contribution is 5.16. The number of methoxy groups -OCH3 is 1. The Morgan fingerprint density at radius 3 is 2.79 bits per heavy atom. The number of ether oxygens (including phenoxy) is 1. The Bertz CT molecular complexity index is 270. The van der Waals surface area contributed by atoms with Crippen LogP contribution in [0.15, 0.2) is 16.7 Å². The van der Waals surface area contributed by atoms with Crippen LogP contribution in [0.4, 0.5) is 0 Å². The molecule has 1 heterocycles. The van der Waals surface area contributed by atoms with E-state index in [-0.39, 0.29) is 6.04 Å². The second-order valence-corrected chi connectivity index (χ2v) is 3.78. The van der Waals surface area contributed by atoms with Crippen LogP contribution >= 0.6 is 0 Å². The summed E-state index contributed by atoms with van der Waals surface area (Å²) in [7, 11) is 1.71. The van der Waals surface area contributed by atoms with Crippen LogP contribution in [0.5, 0.6) is 0 Å². The van der Waals surface area contributed by atoms with E-state index in [0.29, 0.717) is 5.92 Å². The van der Waals surface area contributed by atoms with E-state index >= 15 is 0 Å². The van der Waals surface area contributed by atoms with Crippen LogP contribution in [0.1, 0.15) is 30.7 Å². The van der Waals surface area contributed by atoms with Crippen molar-refractivity contribution >= 4 is 0 Å². The predicted molar refractivity (Wildman–Crippen MR) is 56.0 cm³/mol. The van der Waals surface area contributed by atoms with Gasteiger partial charge in [0.25, 0.3) is 0 Å². The maximum atomic E-state index is 6.08. The van der Waals surface area contributed by atoms with Crippen molar-refractivity contribution in [2.45, 2.75) is 26.3 Å². The van der Waals surface area contributed by atoms with E-state index in [4.69, 9.17) is 14.9 Å². The molecule has 1 aromatic rings. The van der Waals surface area contributed by atoms with Gasteiger partial charge in [0.2, 0.25) is 0 Å². The summed E-state index contributed by atoms with van der Waals surface area (Å²) in [5.41, 5.74) is 7.15. The first-order valence-corrected chi connectivity index (χ1v) is 4.94. The number of nitrogens with two attached hydrogens (primary N) is 1. The van der Waals surface area contributed by atoms with Crippen molar-refractivity contribution in [2.24, 2.45) is 11.7 Å². The molecule has 1 rings (SSSR count). The van der Waals surface area contributed by atoms with Crippen LogP contribution < -0.4 is 5.73 Å². The van der Waals surface area contributed by atoms with E-state index in [9.17, 15) is 0 Å². The highest BCUT2D eigenvalue weighted by Gasteiger charge is 2.16. The Morgan fingerprint density at radius 1 is 1.57 bits per heavy atom. The Labute approximate surface area is 85.2 Å². The zero-order valence-electron chi connectivity index (χ0n) is 9.12. The van der Waals surface area contributed by atoms with Gasteiger partial charge in [-0.1, -0.05) is 6.92 Å². The summed E-state index contributed by atoms with van der Waals surface area (Å²) in [5, 5.41) is 0. The molecule has 0 aliphatic rings. The lowest BCUT2D eigenvalue weighted by Crippen LogP contribution is -2.19. The van der Waals surface area contributed by atoms with Gasteiger partial charge < -0.3 is 14.9 Å². The van der Waals surface area contributed by atoms with Crippen molar-refractivity contribution < 1.29 is 9.15 Å². The summed E-state index contributed by atoms with van der Waals surface area (Å²) in [5.74, 6) is 1.32. The van der Waals surface area contributed by atoms with Crippen LogP contribution in [-0.4, -0.2) is 13.7 Å². The van der Waals surface area contributed by atoms with Gasteiger partial charge in [-0.25, -0.2) is 0 Å². The molecule has 2 atom stereocenters. The van der Waals surface area contributed by atoms with Crippen molar-refractivity contribution in [3.05, 3.63) is 23.7 Å². The zero-order valence-corrected chi connectivity index (χ0v) is 9.12. The third kappa shape index (κ3) is 2.86. The van der Waals surface area contributed by atoms with Gasteiger partial charge >= 0.3 is 0 Å². The molecule has 0 saturated heterocycles. The quantitative estimate of drug-likeness (QED) is 0.787. The number of rotatable bonds is 5. The Balaban J connectivity index is 2.51. The molecule has 0 aromatic carbocycles. The third-order valence-corrected chi connectivity index (χ3v) is 2.53. The first kappa shape index (κ1) is 11.3. The molecule has 14 heavy (non-hydrogen) atoms. The average molecular weight is 197 g/mol. The van der Waals surface area contributed by atoms with Gasteiger partial charge in [-0.15, -0.1) is 0 Å². The first-order valence-electron chi connectivity index (χ1n) is 4.94. The molecule has 1 aromatic heterocycles. The molecule has 80 valence electrons. The molecule has 0 aliphatic carbocycles. The fraction of sp³-hybridized carbons (Fsp3) is 0.636. The molecule has 0 aliphatic heterocycles. The molecular weight excluding hydrogens is 178 g/mol. The smallest absolute Gasteiger partial charge is 0.101 e. The highest BCUT2D eigenvalue weighted by atomic mass is 16.5.